The lowest BCUT2D eigenvalue weighted by Gasteiger charge is -2.40. The van der Waals surface area contributed by atoms with Gasteiger partial charge in [-0.2, -0.15) is 0 Å². The molecular formula is C16H22N2O3. The predicted molar refractivity (Wildman–Crippen MR) is 80.6 cm³/mol. The largest absolute Gasteiger partial charge is 0.496 e. The molecule has 5 nitrogen and oxygen atoms in total. The fraction of sp³-hybridized carbons (Fsp3) is 0.562. The number of amides is 1. The molecule has 0 spiro atoms. The molecule has 0 saturated carbocycles. The molecule has 1 unspecified atom stereocenters. The van der Waals surface area contributed by atoms with Crippen LogP contribution in [0.5, 0.6) is 5.75 Å². The number of carbonyl (C=O) groups is 1. The summed E-state index contributed by atoms with van der Waals surface area (Å²) >= 11 is 0. The van der Waals surface area contributed by atoms with Crippen LogP contribution in [0.1, 0.15) is 31.4 Å². The van der Waals surface area contributed by atoms with Crippen molar-refractivity contribution in [3.8, 4) is 5.75 Å². The van der Waals surface area contributed by atoms with Crippen LogP contribution in [-0.2, 0) is 4.79 Å². The highest BCUT2D eigenvalue weighted by atomic mass is 16.5. The number of hydrogen-bond donors (Lipinski definition) is 1. The Bertz CT molecular complexity index is 544. The molecule has 0 aliphatic carbocycles. The molecular weight excluding hydrogens is 268 g/mol. The number of benzene rings is 1. The highest BCUT2D eigenvalue weighted by molar-refractivity contribution is 5.79. The average molecular weight is 290 g/mol. The van der Waals surface area contributed by atoms with E-state index in [-0.39, 0.29) is 5.91 Å². The van der Waals surface area contributed by atoms with E-state index in [4.69, 9.17) is 4.74 Å². The number of rotatable bonds is 3. The fourth-order valence-electron chi connectivity index (χ4n) is 3.49. The van der Waals surface area contributed by atoms with E-state index in [2.05, 4.69) is 4.90 Å². The highest BCUT2D eigenvalue weighted by Crippen LogP contribution is 2.36. The zero-order valence-corrected chi connectivity index (χ0v) is 12.6. The third kappa shape index (κ3) is 2.46. The van der Waals surface area contributed by atoms with Crippen LogP contribution in [0.3, 0.4) is 0 Å². The van der Waals surface area contributed by atoms with Gasteiger partial charge < -0.3 is 19.6 Å². The number of piperazine rings is 1. The lowest BCUT2D eigenvalue weighted by Crippen LogP contribution is -2.51. The maximum absolute atomic E-state index is 11.8. The number of aliphatic hydroxyl groups is 1. The summed E-state index contributed by atoms with van der Waals surface area (Å²) in [6, 6.07) is 6.16. The van der Waals surface area contributed by atoms with E-state index in [1.807, 2.05) is 23.1 Å². The average Bonchev–Trinajstić information content (AvgIpc) is 2.87. The van der Waals surface area contributed by atoms with E-state index in [9.17, 15) is 9.90 Å². The molecule has 0 aromatic heterocycles. The van der Waals surface area contributed by atoms with E-state index in [1.165, 1.54) is 0 Å². The Morgan fingerprint density at radius 2 is 2.19 bits per heavy atom. The lowest BCUT2D eigenvalue weighted by molar-refractivity contribution is -0.129. The Morgan fingerprint density at radius 1 is 1.38 bits per heavy atom. The zero-order valence-electron chi connectivity index (χ0n) is 12.6. The van der Waals surface area contributed by atoms with Crippen molar-refractivity contribution >= 4 is 11.6 Å². The molecule has 0 radical (unpaired) electrons. The maximum Gasteiger partial charge on any atom is 0.223 e. The molecule has 5 heteroatoms. The Morgan fingerprint density at radius 3 is 2.90 bits per heavy atom. The van der Waals surface area contributed by atoms with Gasteiger partial charge in [-0.1, -0.05) is 6.07 Å². The van der Waals surface area contributed by atoms with Gasteiger partial charge in [0, 0.05) is 43.3 Å². The van der Waals surface area contributed by atoms with Crippen molar-refractivity contribution in [3.05, 3.63) is 23.8 Å². The Hall–Kier alpha value is -1.75. The second-order valence-electron chi connectivity index (χ2n) is 5.79. The summed E-state index contributed by atoms with van der Waals surface area (Å²) in [4.78, 5) is 16.0. The summed E-state index contributed by atoms with van der Waals surface area (Å²) in [6.07, 6.45) is 1.02. The van der Waals surface area contributed by atoms with E-state index < -0.39 is 6.10 Å². The van der Waals surface area contributed by atoms with Crippen LogP contribution in [0.4, 0.5) is 5.69 Å². The minimum absolute atomic E-state index is 0.279. The Balaban J connectivity index is 1.89. The van der Waals surface area contributed by atoms with Crippen molar-refractivity contribution in [1.29, 1.82) is 0 Å². The van der Waals surface area contributed by atoms with Crippen LogP contribution in [-0.4, -0.2) is 48.7 Å². The van der Waals surface area contributed by atoms with Gasteiger partial charge in [-0.25, -0.2) is 0 Å². The van der Waals surface area contributed by atoms with Crippen LogP contribution in [0, 0.1) is 0 Å². The third-order valence-corrected chi connectivity index (χ3v) is 4.52. The molecule has 1 aromatic rings. The highest BCUT2D eigenvalue weighted by Gasteiger charge is 2.36. The molecule has 2 aliphatic rings. The molecule has 2 saturated heterocycles. The number of ether oxygens (including phenoxy) is 1. The minimum atomic E-state index is -0.584. The van der Waals surface area contributed by atoms with Crippen molar-refractivity contribution in [3.63, 3.8) is 0 Å². The van der Waals surface area contributed by atoms with Crippen molar-refractivity contribution in [2.24, 2.45) is 0 Å². The van der Waals surface area contributed by atoms with Gasteiger partial charge in [0.25, 0.3) is 0 Å². The first-order chi connectivity index (χ1) is 10.1. The number of nitrogens with zero attached hydrogens (tertiary/aromatic N) is 2. The summed E-state index contributed by atoms with van der Waals surface area (Å²) in [5.41, 5.74) is 1.85. The Labute approximate surface area is 125 Å². The second-order valence-corrected chi connectivity index (χ2v) is 5.79. The zero-order chi connectivity index (χ0) is 15.0. The first kappa shape index (κ1) is 14.2. The first-order valence-corrected chi connectivity index (χ1v) is 7.51. The summed E-state index contributed by atoms with van der Waals surface area (Å²) in [5, 5.41) is 10.1. The smallest absolute Gasteiger partial charge is 0.223 e. The van der Waals surface area contributed by atoms with Gasteiger partial charge in [0.05, 0.1) is 13.2 Å². The van der Waals surface area contributed by atoms with Gasteiger partial charge in [-0.3, -0.25) is 4.79 Å². The van der Waals surface area contributed by atoms with E-state index in [1.54, 1.807) is 14.0 Å². The lowest BCUT2D eigenvalue weighted by atomic mass is 10.0. The molecule has 3 rings (SSSR count). The number of fused-ring (bicyclic) bond motifs is 1. The Kier molecular flexibility index (Phi) is 3.76. The maximum atomic E-state index is 11.8. The van der Waals surface area contributed by atoms with Crippen LogP contribution < -0.4 is 9.64 Å². The van der Waals surface area contributed by atoms with Gasteiger partial charge in [0.1, 0.15) is 5.75 Å². The van der Waals surface area contributed by atoms with E-state index in [0.717, 1.165) is 37.3 Å². The quantitative estimate of drug-likeness (QED) is 0.918. The van der Waals surface area contributed by atoms with Crippen molar-refractivity contribution < 1.29 is 14.6 Å². The first-order valence-electron chi connectivity index (χ1n) is 7.51. The number of carbonyl (C=O) groups excluding carboxylic acids is 1. The van der Waals surface area contributed by atoms with Gasteiger partial charge in [-0.05, 0) is 25.5 Å². The topological polar surface area (TPSA) is 53.0 Å². The third-order valence-electron chi connectivity index (χ3n) is 4.52. The van der Waals surface area contributed by atoms with E-state index in [0.29, 0.717) is 18.2 Å². The van der Waals surface area contributed by atoms with Crippen LogP contribution >= 0.6 is 0 Å². The fourth-order valence-corrected chi connectivity index (χ4v) is 3.49. The van der Waals surface area contributed by atoms with Crippen molar-refractivity contribution in [1.82, 2.24) is 4.90 Å². The summed E-state index contributed by atoms with van der Waals surface area (Å²) in [7, 11) is 1.62. The van der Waals surface area contributed by atoms with Gasteiger partial charge in [0.2, 0.25) is 5.91 Å². The molecule has 21 heavy (non-hydrogen) atoms. The molecule has 2 heterocycles. The molecule has 114 valence electrons. The molecule has 2 atom stereocenters. The van der Waals surface area contributed by atoms with Gasteiger partial charge in [0.15, 0.2) is 0 Å². The SMILES string of the molecule is COc1cccc(N2CCN3C(=O)CCC3C2)c1[C@H](C)O. The summed E-state index contributed by atoms with van der Waals surface area (Å²) in [6.45, 7) is 4.16. The standard InChI is InChI=1S/C16H22N2O3/c1-11(19)16-13(4-3-5-14(16)21-2)17-8-9-18-12(10-17)6-7-15(18)20/h3-5,11-12,19H,6-10H2,1-2H3/t11-,12?/m0/s1. The molecule has 1 N–H and O–H groups in total. The number of aliphatic hydroxyl groups excluding tert-OH is 1. The molecule has 1 aromatic carbocycles. The normalized spacial score (nSPS) is 23.2. The summed E-state index contributed by atoms with van der Waals surface area (Å²) < 4.78 is 5.39. The van der Waals surface area contributed by atoms with Crippen molar-refractivity contribution in [2.75, 3.05) is 31.6 Å². The molecule has 2 fully saturated rings. The molecule has 0 bridgehead atoms. The predicted octanol–water partition coefficient (Wildman–Crippen LogP) is 1.56. The summed E-state index contributed by atoms with van der Waals surface area (Å²) in [5.74, 6) is 0.994. The van der Waals surface area contributed by atoms with E-state index >= 15 is 0 Å². The van der Waals surface area contributed by atoms with Gasteiger partial charge >= 0.3 is 0 Å². The van der Waals surface area contributed by atoms with Gasteiger partial charge in [-0.15, -0.1) is 0 Å². The second kappa shape index (κ2) is 5.56. The molecule has 2 aliphatic heterocycles. The van der Waals surface area contributed by atoms with Crippen LogP contribution in [0.15, 0.2) is 18.2 Å². The minimum Gasteiger partial charge on any atom is -0.496 e. The van der Waals surface area contributed by atoms with Crippen LogP contribution in [0.25, 0.3) is 0 Å². The monoisotopic (exact) mass is 290 g/mol. The number of hydrogen-bond acceptors (Lipinski definition) is 4. The van der Waals surface area contributed by atoms with Crippen LogP contribution in [0.2, 0.25) is 0 Å². The number of methoxy groups -OCH3 is 1. The van der Waals surface area contributed by atoms with Crippen molar-refractivity contribution in [2.45, 2.75) is 31.9 Å². The number of anilines is 1. The molecule has 1 amide bonds.